The molecule has 1 aromatic carbocycles. The van der Waals surface area contributed by atoms with Crippen LogP contribution >= 0.6 is 0 Å². The van der Waals surface area contributed by atoms with Crippen LogP contribution in [0.25, 0.3) is 11.0 Å². The lowest BCUT2D eigenvalue weighted by atomic mass is 10.1. The molecule has 0 bridgehead atoms. The molecule has 1 saturated carbocycles. The summed E-state index contributed by atoms with van der Waals surface area (Å²) in [5.41, 5.74) is 2.56. The van der Waals surface area contributed by atoms with Gasteiger partial charge in [-0.05, 0) is 37.5 Å². The van der Waals surface area contributed by atoms with Crippen LogP contribution < -0.4 is 0 Å². The van der Waals surface area contributed by atoms with Gasteiger partial charge in [0.2, 0.25) is 0 Å². The fourth-order valence-electron chi connectivity index (χ4n) is 3.02. The predicted octanol–water partition coefficient (Wildman–Crippen LogP) is 2.20. The molecule has 2 aromatic rings. The van der Waals surface area contributed by atoms with Gasteiger partial charge in [-0.15, -0.1) is 0 Å². The number of carbonyl (C=O) groups excluding carboxylic acids is 1. The summed E-state index contributed by atoms with van der Waals surface area (Å²) >= 11 is 0. The lowest BCUT2D eigenvalue weighted by molar-refractivity contribution is 0.0706. The van der Waals surface area contributed by atoms with Crippen LogP contribution in [0.4, 0.5) is 0 Å². The quantitative estimate of drug-likeness (QED) is 0.937. The number of hydrogen-bond acceptors (Lipinski definition) is 3. The van der Waals surface area contributed by atoms with Crippen molar-refractivity contribution in [2.45, 2.75) is 25.3 Å². The molecule has 110 valence electrons. The maximum atomic E-state index is 12.8. The van der Waals surface area contributed by atoms with Gasteiger partial charge in [0.05, 0.1) is 24.0 Å². The van der Waals surface area contributed by atoms with Crippen molar-refractivity contribution in [3.63, 3.8) is 0 Å². The van der Waals surface area contributed by atoms with E-state index < -0.39 is 0 Å². The average molecular weight is 285 g/mol. The Balaban J connectivity index is 1.57. The van der Waals surface area contributed by atoms with E-state index in [0.29, 0.717) is 12.0 Å². The molecule has 2 fully saturated rings. The Bertz CT molecular complexity index is 656. The summed E-state index contributed by atoms with van der Waals surface area (Å²) in [5.74, 6) is 0.631. The largest absolute Gasteiger partial charge is 0.381 e. The summed E-state index contributed by atoms with van der Waals surface area (Å²) in [5, 5.41) is 0. The fourth-order valence-corrected chi connectivity index (χ4v) is 3.02. The first-order valence-corrected chi connectivity index (χ1v) is 7.63. The maximum absolute atomic E-state index is 12.8. The van der Waals surface area contributed by atoms with E-state index in [4.69, 9.17) is 4.74 Å². The minimum absolute atomic E-state index is 0.140. The van der Waals surface area contributed by atoms with E-state index in [2.05, 4.69) is 14.9 Å². The topological polar surface area (TPSA) is 58.2 Å². The van der Waals surface area contributed by atoms with Gasteiger partial charge in [0, 0.05) is 30.7 Å². The number of fused-ring (bicyclic) bond motifs is 1. The molecule has 2 heterocycles. The van der Waals surface area contributed by atoms with Crippen molar-refractivity contribution in [2.75, 3.05) is 19.8 Å². The summed E-state index contributed by atoms with van der Waals surface area (Å²) < 4.78 is 5.44. The van der Waals surface area contributed by atoms with Gasteiger partial charge >= 0.3 is 0 Å². The van der Waals surface area contributed by atoms with Gasteiger partial charge in [0.25, 0.3) is 5.91 Å². The molecule has 1 aromatic heterocycles. The molecule has 4 rings (SSSR count). The second-order valence-electron chi connectivity index (χ2n) is 6.05. The van der Waals surface area contributed by atoms with E-state index in [1.165, 1.54) is 0 Å². The SMILES string of the molecule is O=C(c1ccc2nc[nH]c2c1)N(CC1CCOC1)C1CC1. The fraction of sp³-hybridized carbons (Fsp3) is 0.500. The first-order valence-electron chi connectivity index (χ1n) is 7.63. The average Bonchev–Trinajstić information content (AvgIpc) is 3.02. The molecule has 1 amide bonds. The molecule has 1 unspecified atom stereocenters. The smallest absolute Gasteiger partial charge is 0.254 e. The van der Waals surface area contributed by atoms with E-state index >= 15 is 0 Å². The maximum Gasteiger partial charge on any atom is 0.254 e. The van der Waals surface area contributed by atoms with Crippen LogP contribution in [-0.2, 0) is 4.74 Å². The zero-order valence-electron chi connectivity index (χ0n) is 11.9. The third-order valence-electron chi connectivity index (χ3n) is 4.39. The van der Waals surface area contributed by atoms with Crippen LogP contribution in [0.1, 0.15) is 29.6 Å². The van der Waals surface area contributed by atoms with Gasteiger partial charge in [-0.1, -0.05) is 0 Å². The standard InChI is InChI=1S/C16H19N3O2/c20-16(12-1-4-14-15(7-12)18-10-17-14)19(13-2-3-13)8-11-5-6-21-9-11/h1,4,7,10-11,13H,2-3,5-6,8-9H2,(H,17,18). The Labute approximate surface area is 123 Å². The van der Waals surface area contributed by atoms with Crippen molar-refractivity contribution in [3.8, 4) is 0 Å². The molecule has 1 N–H and O–H groups in total. The Morgan fingerprint density at radius 1 is 1.38 bits per heavy atom. The minimum Gasteiger partial charge on any atom is -0.381 e. The lowest BCUT2D eigenvalue weighted by Gasteiger charge is -2.25. The highest BCUT2D eigenvalue weighted by atomic mass is 16.5. The molecule has 2 aliphatic rings. The van der Waals surface area contributed by atoms with E-state index in [1.54, 1.807) is 6.33 Å². The number of nitrogens with one attached hydrogen (secondary N) is 1. The van der Waals surface area contributed by atoms with Crippen molar-refractivity contribution in [2.24, 2.45) is 5.92 Å². The first kappa shape index (κ1) is 12.8. The number of hydrogen-bond donors (Lipinski definition) is 1. The van der Waals surface area contributed by atoms with Gasteiger partial charge < -0.3 is 14.6 Å². The van der Waals surface area contributed by atoms with E-state index in [0.717, 1.165) is 55.6 Å². The summed E-state index contributed by atoms with van der Waals surface area (Å²) in [7, 11) is 0. The Hall–Kier alpha value is -1.88. The number of aromatic nitrogens is 2. The Morgan fingerprint density at radius 2 is 2.29 bits per heavy atom. The van der Waals surface area contributed by atoms with Crippen molar-refractivity contribution in [3.05, 3.63) is 30.1 Å². The van der Waals surface area contributed by atoms with Gasteiger partial charge in [0.15, 0.2) is 0 Å². The number of benzene rings is 1. The number of ether oxygens (including phenoxy) is 1. The Kier molecular flexibility index (Phi) is 3.15. The number of amides is 1. The van der Waals surface area contributed by atoms with Gasteiger partial charge in [-0.25, -0.2) is 4.98 Å². The van der Waals surface area contributed by atoms with Crippen LogP contribution in [-0.4, -0.2) is 46.6 Å². The van der Waals surface area contributed by atoms with E-state index in [1.807, 2.05) is 18.2 Å². The molecule has 5 heteroatoms. The van der Waals surface area contributed by atoms with Crippen molar-refractivity contribution < 1.29 is 9.53 Å². The van der Waals surface area contributed by atoms with Gasteiger partial charge in [-0.3, -0.25) is 4.79 Å². The second-order valence-corrected chi connectivity index (χ2v) is 6.05. The van der Waals surface area contributed by atoms with Crippen LogP contribution in [0.3, 0.4) is 0 Å². The number of aromatic amines is 1. The highest BCUT2D eigenvalue weighted by Crippen LogP contribution is 2.30. The van der Waals surface area contributed by atoms with Crippen LogP contribution in [0.15, 0.2) is 24.5 Å². The zero-order chi connectivity index (χ0) is 14.2. The van der Waals surface area contributed by atoms with E-state index in [-0.39, 0.29) is 5.91 Å². The monoisotopic (exact) mass is 285 g/mol. The summed E-state index contributed by atoms with van der Waals surface area (Å²) in [6.45, 7) is 2.44. The van der Waals surface area contributed by atoms with Gasteiger partial charge in [-0.2, -0.15) is 0 Å². The van der Waals surface area contributed by atoms with Crippen molar-refractivity contribution >= 4 is 16.9 Å². The first-order chi connectivity index (χ1) is 10.3. The molecular weight excluding hydrogens is 266 g/mol. The molecule has 21 heavy (non-hydrogen) atoms. The molecule has 0 radical (unpaired) electrons. The molecule has 1 atom stereocenters. The third-order valence-corrected chi connectivity index (χ3v) is 4.39. The minimum atomic E-state index is 0.140. The number of imidazole rings is 1. The van der Waals surface area contributed by atoms with Crippen LogP contribution in [0, 0.1) is 5.92 Å². The van der Waals surface area contributed by atoms with Crippen LogP contribution in [0.2, 0.25) is 0 Å². The second kappa shape index (κ2) is 5.15. The molecule has 0 spiro atoms. The highest BCUT2D eigenvalue weighted by molar-refractivity contribution is 5.97. The summed E-state index contributed by atoms with van der Waals surface area (Å²) in [6.07, 6.45) is 4.99. The summed E-state index contributed by atoms with van der Waals surface area (Å²) in [6, 6.07) is 6.12. The highest BCUT2D eigenvalue weighted by Gasteiger charge is 2.35. The molecule has 1 aliphatic heterocycles. The van der Waals surface area contributed by atoms with E-state index in [9.17, 15) is 4.79 Å². The number of rotatable bonds is 4. The van der Waals surface area contributed by atoms with Crippen molar-refractivity contribution in [1.82, 2.24) is 14.9 Å². The number of carbonyl (C=O) groups is 1. The van der Waals surface area contributed by atoms with Gasteiger partial charge in [0.1, 0.15) is 0 Å². The molecule has 1 aliphatic carbocycles. The molecular formula is C16H19N3O2. The van der Waals surface area contributed by atoms with Crippen LogP contribution in [0.5, 0.6) is 0 Å². The third kappa shape index (κ3) is 2.53. The number of nitrogens with zero attached hydrogens (tertiary/aromatic N) is 2. The zero-order valence-corrected chi connectivity index (χ0v) is 11.9. The van der Waals surface area contributed by atoms with Crippen molar-refractivity contribution in [1.29, 1.82) is 0 Å². The Morgan fingerprint density at radius 3 is 3.05 bits per heavy atom. The molecule has 1 saturated heterocycles. The molecule has 5 nitrogen and oxygen atoms in total. The normalized spacial score (nSPS) is 21.8. The summed E-state index contributed by atoms with van der Waals surface area (Å²) in [4.78, 5) is 22.2. The predicted molar refractivity (Wildman–Crippen MR) is 79.1 cm³/mol. The lowest BCUT2D eigenvalue weighted by Crippen LogP contribution is -2.37. The number of H-pyrrole nitrogens is 1.